The number of ether oxygens (including phenoxy) is 1. The number of hydrogen-bond donors (Lipinski definition) is 2. The Bertz CT molecular complexity index is 678. The first-order chi connectivity index (χ1) is 12.2. The van der Waals surface area contributed by atoms with E-state index in [0.717, 1.165) is 37.2 Å². The minimum atomic E-state index is 0.0867. The Balaban J connectivity index is 1.44. The Morgan fingerprint density at radius 2 is 2.24 bits per heavy atom. The van der Waals surface area contributed by atoms with Crippen LogP contribution in [-0.4, -0.2) is 42.3 Å². The Kier molecular flexibility index (Phi) is 6.00. The normalized spacial score (nSPS) is 17.2. The summed E-state index contributed by atoms with van der Waals surface area (Å²) in [6.45, 7) is 1.90. The summed E-state index contributed by atoms with van der Waals surface area (Å²) < 4.78 is 10.4. The predicted octanol–water partition coefficient (Wildman–Crippen LogP) is 1.94. The molecule has 2 aromatic rings. The number of carbonyl (C=O) groups excluding carboxylic acids is 1. The molecule has 1 fully saturated rings. The molecule has 1 aromatic heterocycles. The quantitative estimate of drug-likeness (QED) is 0.798. The Morgan fingerprint density at radius 3 is 2.96 bits per heavy atom. The molecule has 1 amide bonds. The summed E-state index contributed by atoms with van der Waals surface area (Å²) in [6, 6.07) is 7.75. The van der Waals surface area contributed by atoms with Crippen LogP contribution in [0.15, 0.2) is 28.8 Å². The minimum Gasteiger partial charge on any atom is -0.497 e. The van der Waals surface area contributed by atoms with Crippen molar-refractivity contribution in [3.8, 4) is 17.1 Å². The molecule has 0 spiro atoms. The summed E-state index contributed by atoms with van der Waals surface area (Å²) in [6.07, 6.45) is 3.92. The highest BCUT2D eigenvalue weighted by Gasteiger charge is 2.15. The van der Waals surface area contributed by atoms with Gasteiger partial charge in [0.15, 0.2) is 0 Å². The second-order valence-electron chi connectivity index (χ2n) is 6.20. The fourth-order valence-electron chi connectivity index (χ4n) is 2.89. The fourth-order valence-corrected chi connectivity index (χ4v) is 2.89. The summed E-state index contributed by atoms with van der Waals surface area (Å²) >= 11 is 0. The molecule has 1 unspecified atom stereocenters. The number of nitrogens with zero attached hydrogens (tertiary/aromatic N) is 2. The van der Waals surface area contributed by atoms with Gasteiger partial charge in [-0.1, -0.05) is 5.16 Å². The lowest BCUT2D eigenvalue weighted by Gasteiger charge is -2.23. The molecule has 1 aromatic carbocycles. The number of nitrogens with one attached hydrogen (secondary N) is 2. The van der Waals surface area contributed by atoms with E-state index in [1.54, 1.807) is 7.11 Å². The third kappa shape index (κ3) is 5.03. The van der Waals surface area contributed by atoms with Crippen LogP contribution in [0, 0.1) is 0 Å². The maximum atomic E-state index is 12.0. The molecule has 7 heteroatoms. The number of methoxy groups -OCH3 is 1. The van der Waals surface area contributed by atoms with Crippen molar-refractivity contribution in [2.45, 2.75) is 38.1 Å². The van der Waals surface area contributed by atoms with Gasteiger partial charge in [-0.25, -0.2) is 0 Å². The maximum Gasteiger partial charge on any atom is 0.226 e. The zero-order chi connectivity index (χ0) is 17.5. The molecule has 2 N–H and O–H groups in total. The highest BCUT2D eigenvalue weighted by atomic mass is 16.5. The summed E-state index contributed by atoms with van der Waals surface area (Å²) in [5, 5.41) is 10.4. The van der Waals surface area contributed by atoms with Crippen LogP contribution in [0.3, 0.4) is 0 Å². The average Bonchev–Trinajstić information content (AvgIpc) is 3.11. The molecule has 7 nitrogen and oxygen atoms in total. The minimum absolute atomic E-state index is 0.0867. The first-order valence-corrected chi connectivity index (χ1v) is 8.71. The van der Waals surface area contributed by atoms with Crippen molar-refractivity contribution < 1.29 is 14.1 Å². The molecule has 1 atom stereocenters. The average molecular weight is 344 g/mol. The van der Waals surface area contributed by atoms with Gasteiger partial charge in [-0.3, -0.25) is 4.79 Å². The summed E-state index contributed by atoms with van der Waals surface area (Å²) in [5.74, 6) is 1.98. The number of benzene rings is 1. The Morgan fingerprint density at radius 1 is 1.40 bits per heavy atom. The highest BCUT2D eigenvalue weighted by molar-refractivity contribution is 5.76. The van der Waals surface area contributed by atoms with Crippen LogP contribution < -0.4 is 15.4 Å². The van der Waals surface area contributed by atoms with Crippen molar-refractivity contribution in [2.75, 3.05) is 20.2 Å². The first-order valence-electron chi connectivity index (χ1n) is 8.71. The van der Waals surface area contributed by atoms with E-state index >= 15 is 0 Å². The van der Waals surface area contributed by atoms with Crippen molar-refractivity contribution in [3.63, 3.8) is 0 Å². The van der Waals surface area contributed by atoms with Gasteiger partial charge in [0.25, 0.3) is 0 Å². The van der Waals surface area contributed by atoms with Crippen LogP contribution in [0.1, 0.15) is 31.6 Å². The van der Waals surface area contributed by atoms with Gasteiger partial charge in [-0.15, -0.1) is 0 Å². The van der Waals surface area contributed by atoms with E-state index in [1.165, 1.54) is 0 Å². The van der Waals surface area contributed by atoms with Crippen LogP contribution in [0.5, 0.6) is 5.75 Å². The van der Waals surface area contributed by atoms with E-state index in [9.17, 15) is 4.79 Å². The third-order valence-corrected chi connectivity index (χ3v) is 4.27. The summed E-state index contributed by atoms with van der Waals surface area (Å²) in [4.78, 5) is 16.4. The van der Waals surface area contributed by atoms with E-state index < -0.39 is 0 Å². The zero-order valence-corrected chi connectivity index (χ0v) is 14.5. The lowest BCUT2D eigenvalue weighted by Crippen LogP contribution is -2.45. The van der Waals surface area contributed by atoms with Gasteiger partial charge in [0.1, 0.15) is 5.75 Å². The van der Waals surface area contributed by atoms with E-state index in [0.29, 0.717) is 31.0 Å². The molecule has 0 radical (unpaired) electrons. The third-order valence-electron chi connectivity index (χ3n) is 4.27. The molecule has 25 heavy (non-hydrogen) atoms. The van der Waals surface area contributed by atoms with E-state index in [-0.39, 0.29) is 11.9 Å². The van der Waals surface area contributed by atoms with E-state index in [1.807, 2.05) is 24.3 Å². The van der Waals surface area contributed by atoms with Crippen LogP contribution in [-0.2, 0) is 11.2 Å². The molecular formula is C18H24N4O3. The standard InChI is InChI=1S/C18H24N4O3/c1-24-15-9-7-13(8-10-15)18-21-17(25-22-18)6-2-5-16(23)20-14-4-3-11-19-12-14/h7-10,14,19H,2-6,11-12H2,1H3,(H,20,23). The maximum absolute atomic E-state index is 12.0. The van der Waals surface area contributed by atoms with Crippen molar-refractivity contribution in [3.05, 3.63) is 30.2 Å². The molecule has 3 rings (SSSR count). The summed E-state index contributed by atoms with van der Waals surface area (Å²) in [7, 11) is 1.63. The number of aryl methyl sites for hydroxylation is 1. The predicted molar refractivity (Wildman–Crippen MR) is 93.3 cm³/mol. The van der Waals surface area contributed by atoms with Crippen LogP contribution in [0.2, 0.25) is 0 Å². The molecule has 1 aliphatic heterocycles. The van der Waals surface area contributed by atoms with Crippen LogP contribution >= 0.6 is 0 Å². The van der Waals surface area contributed by atoms with Crippen molar-refractivity contribution >= 4 is 5.91 Å². The molecule has 1 aliphatic rings. The zero-order valence-electron chi connectivity index (χ0n) is 14.5. The molecule has 0 aliphatic carbocycles. The largest absolute Gasteiger partial charge is 0.497 e. The Labute approximate surface area is 147 Å². The van der Waals surface area contributed by atoms with Crippen LogP contribution in [0.25, 0.3) is 11.4 Å². The topological polar surface area (TPSA) is 89.3 Å². The molecule has 0 saturated carbocycles. The number of carbonyl (C=O) groups is 1. The SMILES string of the molecule is COc1ccc(-c2noc(CCCC(=O)NC3CCCNC3)n2)cc1. The Hall–Kier alpha value is -2.41. The van der Waals surface area contributed by atoms with Crippen LogP contribution in [0.4, 0.5) is 0 Å². The van der Waals surface area contributed by atoms with Gasteiger partial charge in [0, 0.05) is 31.0 Å². The lowest BCUT2D eigenvalue weighted by atomic mass is 10.1. The first kappa shape index (κ1) is 17.4. The smallest absolute Gasteiger partial charge is 0.226 e. The van der Waals surface area contributed by atoms with Crippen molar-refractivity contribution in [1.82, 2.24) is 20.8 Å². The van der Waals surface area contributed by atoms with E-state index in [2.05, 4.69) is 20.8 Å². The van der Waals surface area contributed by atoms with Crippen molar-refractivity contribution in [2.24, 2.45) is 0 Å². The highest BCUT2D eigenvalue weighted by Crippen LogP contribution is 2.20. The lowest BCUT2D eigenvalue weighted by molar-refractivity contribution is -0.122. The van der Waals surface area contributed by atoms with Gasteiger partial charge >= 0.3 is 0 Å². The monoisotopic (exact) mass is 344 g/mol. The van der Waals surface area contributed by atoms with Crippen molar-refractivity contribution in [1.29, 1.82) is 0 Å². The van der Waals surface area contributed by atoms with Gasteiger partial charge in [0.05, 0.1) is 7.11 Å². The van der Waals surface area contributed by atoms with Gasteiger partial charge in [-0.05, 0) is 50.1 Å². The number of hydrogen-bond acceptors (Lipinski definition) is 6. The molecular weight excluding hydrogens is 320 g/mol. The molecule has 0 bridgehead atoms. The number of aromatic nitrogens is 2. The molecule has 1 saturated heterocycles. The second-order valence-corrected chi connectivity index (χ2v) is 6.20. The molecule has 134 valence electrons. The number of rotatable bonds is 7. The number of amides is 1. The van der Waals surface area contributed by atoms with Gasteiger partial charge < -0.3 is 19.9 Å². The second kappa shape index (κ2) is 8.62. The van der Waals surface area contributed by atoms with Gasteiger partial charge in [0.2, 0.25) is 17.6 Å². The summed E-state index contributed by atoms with van der Waals surface area (Å²) in [5.41, 5.74) is 0.873. The number of piperidine rings is 1. The van der Waals surface area contributed by atoms with Gasteiger partial charge in [-0.2, -0.15) is 4.98 Å². The molecule has 2 heterocycles. The van der Waals surface area contributed by atoms with E-state index in [4.69, 9.17) is 9.26 Å². The fraction of sp³-hybridized carbons (Fsp3) is 0.500.